The van der Waals surface area contributed by atoms with Crippen molar-refractivity contribution in [3.63, 3.8) is 0 Å². The molecule has 0 saturated carbocycles. The Balaban J connectivity index is 2.42. The molecule has 2 atom stereocenters. The summed E-state index contributed by atoms with van der Waals surface area (Å²) in [6, 6.07) is 13.2. The van der Waals surface area contributed by atoms with E-state index in [2.05, 4.69) is 18.7 Å². The number of nitrogens with zero attached hydrogens (tertiary/aromatic N) is 3. The van der Waals surface area contributed by atoms with Gasteiger partial charge in [-0.05, 0) is 52.5 Å². The summed E-state index contributed by atoms with van der Waals surface area (Å²) < 4.78 is 35.2. The molecule has 34 heavy (non-hydrogen) atoms. The monoisotopic (exact) mass is 505 g/mol. The Morgan fingerprint density at radius 2 is 1.85 bits per heavy atom. The molecule has 0 radical (unpaired) electrons. The molecule has 2 aromatic carbocycles. The average molecular weight is 506 g/mol. The summed E-state index contributed by atoms with van der Waals surface area (Å²) in [4.78, 5) is 16.7. The molecule has 2 unspecified atom stereocenters. The van der Waals surface area contributed by atoms with Crippen LogP contribution in [0.3, 0.4) is 0 Å². The number of rotatable bonds is 8. The van der Waals surface area contributed by atoms with Gasteiger partial charge in [-0.1, -0.05) is 44.9 Å². The Bertz CT molecular complexity index is 1120. The summed E-state index contributed by atoms with van der Waals surface area (Å²) in [7, 11) is 1.15. The first-order valence-corrected chi connectivity index (χ1v) is 14.5. The van der Waals surface area contributed by atoms with Gasteiger partial charge in [0.25, 0.3) is 0 Å². The second-order valence-electron chi connectivity index (χ2n) is 8.82. The molecule has 1 heterocycles. The second kappa shape index (κ2) is 10.6. The molecular weight excluding hydrogens is 469 g/mol. The summed E-state index contributed by atoms with van der Waals surface area (Å²) in [5.74, 6) is -0.560. The summed E-state index contributed by atoms with van der Waals surface area (Å²) in [5.41, 5.74) is 1.79. The molecule has 0 aliphatic carbocycles. The van der Waals surface area contributed by atoms with E-state index in [1.165, 1.54) is 13.2 Å². The lowest BCUT2D eigenvalue weighted by Gasteiger charge is -2.42. The van der Waals surface area contributed by atoms with Crippen LogP contribution in [-0.4, -0.2) is 58.4 Å². The number of esters is 1. The molecule has 9 heteroatoms. The minimum Gasteiger partial charge on any atom is -0.465 e. The first-order chi connectivity index (χ1) is 16.2. The van der Waals surface area contributed by atoms with Gasteiger partial charge in [0.05, 0.1) is 29.6 Å². The van der Waals surface area contributed by atoms with E-state index in [-0.39, 0.29) is 19.2 Å². The Kier molecular flexibility index (Phi) is 8.27. The highest BCUT2D eigenvalue weighted by Crippen LogP contribution is 2.49. The van der Waals surface area contributed by atoms with Crippen molar-refractivity contribution in [2.45, 2.75) is 50.0 Å². The van der Waals surface area contributed by atoms with Crippen molar-refractivity contribution in [1.82, 2.24) is 4.08 Å². The number of anilines is 3. The third-order valence-electron chi connectivity index (χ3n) is 6.58. The Labute approximate surface area is 206 Å². The fourth-order valence-electron chi connectivity index (χ4n) is 4.73. The lowest BCUT2D eigenvalue weighted by molar-refractivity contribution is 0.0601. The smallest absolute Gasteiger partial charge is 0.340 e. The third-order valence-corrected chi connectivity index (χ3v) is 10.5. The van der Waals surface area contributed by atoms with Crippen LogP contribution in [0.25, 0.3) is 0 Å². The lowest BCUT2D eigenvalue weighted by Crippen LogP contribution is -2.51. The molecule has 3 rings (SSSR count). The number of hydrogen-bond acceptors (Lipinski definition) is 6. The number of benzene rings is 2. The minimum absolute atomic E-state index is 0.0590. The molecule has 1 aliphatic rings. The van der Waals surface area contributed by atoms with Crippen molar-refractivity contribution in [2.75, 3.05) is 44.2 Å². The molecule has 0 fully saturated rings. The molecule has 0 N–H and O–H groups in total. The third kappa shape index (κ3) is 4.68. The van der Waals surface area contributed by atoms with E-state index in [9.17, 15) is 13.2 Å². The van der Waals surface area contributed by atoms with Crippen LogP contribution in [0.5, 0.6) is 0 Å². The van der Waals surface area contributed by atoms with Crippen molar-refractivity contribution in [3.05, 3.63) is 48.0 Å². The fourth-order valence-corrected chi connectivity index (χ4v) is 8.49. The van der Waals surface area contributed by atoms with Gasteiger partial charge in [0, 0.05) is 26.3 Å². The Morgan fingerprint density at radius 3 is 2.38 bits per heavy atom. The van der Waals surface area contributed by atoms with Crippen molar-refractivity contribution in [3.8, 4) is 0 Å². The van der Waals surface area contributed by atoms with Gasteiger partial charge >= 0.3 is 5.97 Å². The standard InChI is InChI=1S/C25H36N3O4PS/c1-7-9-15-25(8-2)18-27(19-13-11-10-12-14-19)22-17-21(26(3)4)20(24(29)32-5)16-23(22)34(30,31)28(25)33-6/h10-14,16-17,33H,7-9,15,18H2,1-6H3. The highest BCUT2D eigenvalue weighted by Gasteiger charge is 2.48. The average Bonchev–Trinajstić information content (AvgIpc) is 2.92. The number of para-hydroxylation sites is 1. The van der Waals surface area contributed by atoms with Gasteiger partial charge in [-0.15, -0.1) is 0 Å². The van der Waals surface area contributed by atoms with Gasteiger partial charge in [-0.25, -0.2) is 13.2 Å². The number of unbranched alkanes of at least 4 members (excludes halogenated alkanes) is 1. The quantitative estimate of drug-likeness (QED) is 0.361. The molecule has 0 bridgehead atoms. The molecule has 2 aromatic rings. The summed E-state index contributed by atoms with van der Waals surface area (Å²) in [6.45, 7) is 6.65. The van der Waals surface area contributed by atoms with Gasteiger partial charge in [0.2, 0.25) is 10.0 Å². The molecule has 0 aromatic heterocycles. The number of sulfonamides is 1. The van der Waals surface area contributed by atoms with Gasteiger partial charge < -0.3 is 14.5 Å². The molecule has 186 valence electrons. The van der Waals surface area contributed by atoms with E-state index in [1.807, 2.05) is 62.1 Å². The van der Waals surface area contributed by atoms with Crippen LogP contribution in [0.4, 0.5) is 17.1 Å². The Morgan fingerprint density at radius 1 is 1.18 bits per heavy atom. The van der Waals surface area contributed by atoms with Gasteiger partial charge in [-0.3, -0.25) is 0 Å². The van der Waals surface area contributed by atoms with E-state index < -0.39 is 21.5 Å². The highest BCUT2D eigenvalue weighted by molar-refractivity contribution is 7.93. The van der Waals surface area contributed by atoms with E-state index in [4.69, 9.17) is 4.74 Å². The van der Waals surface area contributed by atoms with E-state index in [1.54, 1.807) is 4.08 Å². The SMILES string of the molecule is CCCCC1(CC)CN(c2ccccc2)c2cc(N(C)C)c(C(=O)OC)cc2S(=O)(=O)N1PC. The molecule has 7 nitrogen and oxygen atoms in total. The molecule has 0 spiro atoms. The van der Waals surface area contributed by atoms with Crippen molar-refractivity contribution < 1.29 is 17.9 Å². The number of fused-ring (bicyclic) bond motifs is 1. The van der Waals surface area contributed by atoms with E-state index in [0.717, 1.165) is 24.9 Å². The zero-order chi connectivity index (χ0) is 25.1. The normalized spacial score (nSPS) is 20.2. The van der Waals surface area contributed by atoms with E-state index >= 15 is 0 Å². The Hall–Kier alpha value is -2.15. The molecular formula is C25H36N3O4PS. The predicted octanol–water partition coefficient (Wildman–Crippen LogP) is 5.24. The van der Waals surface area contributed by atoms with Gasteiger partial charge in [0.1, 0.15) is 4.90 Å². The van der Waals surface area contributed by atoms with Crippen LogP contribution in [0, 0.1) is 0 Å². The zero-order valence-electron chi connectivity index (χ0n) is 21.0. The maximum absolute atomic E-state index is 14.3. The first kappa shape index (κ1) is 26.5. The number of hydrogen-bond donors (Lipinski definition) is 0. The van der Waals surface area contributed by atoms with E-state index in [0.29, 0.717) is 24.3 Å². The molecule has 0 amide bonds. The predicted molar refractivity (Wildman–Crippen MR) is 141 cm³/mol. The van der Waals surface area contributed by atoms with Crippen LogP contribution in [0.1, 0.15) is 49.9 Å². The van der Waals surface area contributed by atoms with Crippen LogP contribution >= 0.6 is 8.73 Å². The fraction of sp³-hybridized carbons (Fsp3) is 0.480. The van der Waals surface area contributed by atoms with Gasteiger partial charge in [0.15, 0.2) is 0 Å². The second-order valence-corrected chi connectivity index (χ2v) is 11.8. The van der Waals surface area contributed by atoms with Crippen LogP contribution in [-0.2, 0) is 14.8 Å². The minimum atomic E-state index is -3.89. The largest absolute Gasteiger partial charge is 0.465 e. The summed E-state index contributed by atoms with van der Waals surface area (Å²) in [5, 5.41) is 0. The first-order valence-electron chi connectivity index (χ1n) is 11.7. The van der Waals surface area contributed by atoms with Crippen molar-refractivity contribution in [2.24, 2.45) is 0 Å². The topological polar surface area (TPSA) is 70.2 Å². The molecule has 1 aliphatic heterocycles. The maximum atomic E-state index is 14.3. The summed E-state index contributed by atoms with van der Waals surface area (Å²) in [6.07, 6.45) is 3.37. The number of ether oxygens (including phenoxy) is 1. The van der Waals surface area contributed by atoms with Crippen molar-refractivity contribution >= 4 is 41.8 Å². The molecule has 0 saturated heterocycles. The van der Waals surface area contributed by atoms with Crippen LogP contribution in [0.2, 0.25) is 0 Å². The lowest BCUT2D eigenvalue weighted by atomic mass is 9.89. The van der Waals surface area contributed by atoms with Gasteiger partial charge in [-0.2, -0.15) is 4.08 Å². The highest BCUT2D eigenvalue weighted by atomic mass is 32.2. The summed E-state index contributed by atoms with van der Waals surface area (Å²) >= 11 is 0. The maximum Gasteiger partial charge on any atom is 0.340 e. The number of methoxy groups -OCH3 is 1. The zero-order valence-corrected chi connectivity index (χ0v) is 22.8. The van der Waals surface area contributed by atoms with Crippen LogP contribution in [0.15, 0.2) is 47.4 Å². The number of carbonyl (C=O) groups excluding carboxylic acids is 1. The van der Waals surface area contributed by atoms with Crippen LogP contribution < -0.4 is 9.80 Å². The van der Waals surface area contributed by atoms with Crippen molar-refractivity contribution in [1.29, 1.82) is 0 Å². The number of carbonyl (C=O) groups is 1.